The van der Waals surface area contributed by atoms with Crippen LogP contribution >= 0.6 is 0 Å². The van der Waals surface area contributed by atoms with E-state index in [1.165, 1.54) is 19.3 Å². The van der Waals surface area contributed by atoms with E-state index in [9.17, 15) is 9.59 Å². The molecule has 1 aromatic heterocycles. The molecule has 1 heterocycles. The molecule has 2 aliphatic rings. The summed E-state index contributed by atoms with van der Waals surface area (Å²) in [6, 6.07) is 16.2. The normalized spacial score (nSPS) is 17.9. The molecule has 0 spiro atoms. The van der Waals surface area contributed by atoms with Gasteiger partial charge in [0.05, 0.1) is 0 Å². The lowest BCUT2D eigenvalue weighted by Crippen LogP contribution is -2.24. The summed E-state index contributed by atoms with van der Waals surface area (Å²) in [4.78, 5) is 28.7. The molecule has 2 aliphatic carbocycles. The smallest absolute Gasteiger partial charge is 0.227 e. The van der Waals surface area contributed by atoms with Gasteiger partial charge in [-0.05, 0) is 61.6 Å². The fourth-order valence-electron chi connectivity index (χ4n) is 5.49. The van der Waals surface area contributed by atoms with Gasteiger partial charge in [0.1, 0.15) is 0 Å². The maximum absolute atomic E-state index is 12.7. The van der Waals surface area contributed by atoms with Gasteiger partial charge in [-0.1, -0.05) is 63.1 Å². The number of amides is 2. The van der Waals surface area contributed by atoms with Crippen molar-refractivity contribution in [2.24, 2.45) is 11.8 Å². The topological polar surface area (TPSA) is 74.0 Å². The number of hydrogen-bond acceptors (Lipinski definition) is 2. The van der Waals surface area contributed by atoms with E-state index in [0.29, 0.717) is 0 Å². The van der Waals surface area contributed by atoms with Gasteiger partial charge in [0.2, 0.25) is 11.8 Å². The molecule has 3 aromatic rings. The van der Waals surface area contributed by atoms with Crippen molar-refractivity contribution in [2.45, 2.75) is 70.6 Å². The molecule has 2 fully saturated rings. The monoisotopic (exact) mass is 457 g/mol. The molecule has 178 valence electrons. The van der Waals surface area contributed by atoms with E-state index in [1.807, 2.05) is 42.5 Å². The summed E-state index contributed by atoms with van der Waals surface area (Å²) in [7, 11) is 0. The van der Waals surface area contributed by atoms with Gasteiger partial charge in [-0.25, -0.2) is 0 Å². The second-order valence-corrected chi connectivity index (χ2v) is 10.1. The Morgan fingerprint density at radius 3 is 1.79 bits per heavy atom. The number of carbonyl (C=O) groups is 2. The molecule has 34 heavy (non-hydrogen) atoms. The Balaban J connectivity index is 1.24. The number of hydrogen-bond donors (Lipinski definition) is 3. The quantitative estimate of drug-likeness (QED) is 0.353. The van der Waals surface area contributed by atoms with Crippen LogP contribution < -0.4 is 10.6 Å². The molecule has 2 aromatic carbocycles. The summed E-state index contributed by atoms with van der Waals surface area (Å²) in [6.07, 6.45) is 12.4. The first-order valence-electron chi connectivity index (χ1n) is 13.0. The van der Waals surface area contributed by atoms with Crippen molar-refractivity contribution >= 4 is 34.1 Å². The van der Waals surface area contributed by atoms with Gasteiger partial charge in [0.25, 0.3) is 0 Å². The summed E-state index contributed by atoms with van der Waals surface area (Å²) in [6.45, 7) is 0. The van der Waals surface area contributed by atoms with E-state index in [4.69, 9.17) is 0 Å². The predicted molar refractivity (Wildman–Crippen MR) is 139 cm³/mol. The fourth-order valence-corrected chi connectivity index (χ4v) is 5.49. The third-order valence-corrected chi connectivity index (χ3v) is 7.56. The minimum Gasteiger partial charge on any atom is -0.354 e. The van der Waals surface area contributed by atoms with Crippen LogP contribution in [0.3, 0.4) is 0 Å². The van der Waals surface area contributed by atoms with Crippen LogP contribution in [0, 0.1) is 11.8 Å². The number of rotatable bonds is 5. The molecule has 0 radical (unpaired) electrons. The van der Waals surface area contributed by atoms with Gasteiger partial charge in [0.15, 0.2) is 0 Å². The zero-order chi connectivity index (χ0) is 23.3. The zero-order valence-electron chi connectivity index (χ0n) is 19.9. The Hall–Kier alpha value is -3.08. The first-order valence-corrected chi connectivity index (χ1v) is 13.0. The Bertz CT molecular complexity index is 1130. The summed E-state index contributed by atoms with van der Waals surface area (Å²) >= 11 is 0. The van der Waals surface area contributed by atoms with Crippen LogP contribution in [0.4, 0.5) is 11.4 Å². The maximum atomic E-state index is 12.7. The van der Waals surface area contributed by atoms with Crippen LogP contribution in [0.15, 0.2) is 48.5 Å². The van der Waals surface area contributed by atoms with Crippen LogP contribution in [0.1, 0.15) is 70.6 Å². The highest BCUT2D eigenvalue weighted by molar-refractivity contribution is 5.96. The maximum Gasteiger partial charge on any atom is 0.227 e. The lowest BCUT2D eigenvalue weighted by atomic mass is 9.88. The van der Waals surface area contributed by atoms with Crippen molar-refractivity contribution in [1.82, 2.24) is 4.98 Å². The number of carbonyl (C=O) groups excluding carboxylic acids is 2. The Morgan fingerprint density at radius 2 is 1.18 bits per heavy atom. The number of H-pyrrole nitrogens is 1. The van der Waals surface area contributed by atoms with E-state index in [0.717, 1.165) is 84.9 Å². The highest BCUT2D eigenvalue weighted by atomic mass is 16.2. The minimum atomic E-state index is 0.142. The Labute approximate surface area is 201 Å². The number of benzene rings is 2. The lowest BCUT2D eigenvalue weighted by molar-refractivity contribution is -0.121. The number of aromatic amines is 1. The van der Waals surface area contributed by atoms with Crippen molar-refractivity contribution in [3.05, 3.63) is 48.5 Å². The molecule has 0 bridgehead atoms. The average molecular weight is 458 g/mol. The molecule has 2 saturated carbocycles. The average Bonchev–Trinajstić information content (AvgIpc) is 3.09. The summed E-state index contributed by atoms with van der Waals surface area (Å²) < 4.78 is 0. The number of anilines is 2. The van der Waals surface area contributed by atoms with E-state index in [1.54, 1.807) is 0 Å². The Morgan fingerprint density at radius 1 is 0.647 bits per heavy atom. The van der Waals surface area contributed by atoms with Gasteiger partial charge >= 0.3 is 0 Å². The molecule has 0 aliphatic heterocycles. The van der Waals surface area contributed by atoms with E-state index in [2.05, 4.69) is 21.7 Å². The largest absolute Gasteiger partial charge is 0.354 e. The minimum absolute atomic E-state index is 0.142. The second kappa shape index (κ2) is 10.5. The number of aromatic nitrogens is 1. The molecule has 5 rings (SSSR count). The molecule has 5 nitrogen and oxygen atoms in total. The lowest BCUT2D eigenvalue weighted by Gasteiger charge is -2.20. The van der Waals surface area contributed by atoms with Gasteiger partial charge in [-0.2, -0.15) is 0 Å². The zero-order valence-corrected chi connectivity index (χ0v) is 19.9. The predicted octanol–water partition coefficient (Wildman–Crippen LogP) is 7.26. The third-order valence-electron chi connectivity index (χ3n) is 7.56. The van der Waals surface area contributed by atoms with Crippen LogP contribution in [0.2, 0.25) is 0 Å². The molecule has 5 heteroatoms. The Kier molecular flexibility index (Phi) is 6.98. The van der Waals surface area contributed by atoms with E-state index < -0.39 is 0 Å². The molecular formula is C29H35N3O2. The molecule has 2 amide bonds. The first kappa shape index (κ1) is 22.7. The molecule has 0 unspecified atom stereocenters. The second-order valence-electron chi connectivity index (χ2n) is 10.1. The van der Waals surface area contributed by atoms with Crippen molar-refractivity contribution < 1.29 is 9.59 Å². The third kappa shape index (κ3) is 5.35. The first-order chi connectivity index (χ1) is 16.7. The van der Waals surface area contributed by atoms with Crippen LogP contribution in [0.25, 0.3) is 22.2 Å². The van der Waals surface area contributed by atoms with Crippen LogP contribution in [0.5, 0.6) is 0 Å². The van der Waals surface area contributed by atoms with E-state index >= 15 is 0 Å². The molecule has 0 saturated heterocycles. The fraction of sp³-hybridized carbons (Fsp3) is 0.448. The highest BCUT2D eigenvalue weighted by Gasteiger charge is 2.22. The van der Waals surface area contributed by atoms with Crippen molar-refractivity contribution in [3.8, 4) is 11.3 Å². The van der Waals surface area contributed by atoms with Gasteiger partial charge < -0.3 is 15.6 Å². The molecule has 0 atom stereocenters. The van der Waals surface area contributed by atoms with Crippen LogP contribution in [-0.4, -0.2) is 16.8 Å². The summed E-state index contributed by atoms with van der Waals surface area (Å²) in [5.74, 6) is 0.587. The molecule has 3 N–H and O–H groups in total. The SMILES string of the molecule is O=C(Nc1ccc(-c2cc3ccc(NC(=O)C4CCCCC4)cc3[nH]2)cc1)C1CCCCCC1. The van der Waals surface area contributed by atoms with Crippen molar-refractivity contribution in [1.29, 1.82) is 0 Å². The number of nitrogens with one attached hydrogen (secondary N) is 3. The highest BCUT2D eigenvalue weighted by Crippen LogP contribution is 2.29. The standard InChI is InChI=1S/C29H35N3O2/c33-28(21-8-4-1-2-5-9-21)30-24-15-12-20(13-16-24)26-18-23-14-17-25(19-27(23)32-26)31-29(34)22-10-6-3-7-11-22/h12-19,21-22,32H,1-11H2,(H,30,33)(H,31,34). The van der Waals surface area contributed by atoms with Crippen LogP contribution in [-0.2, 0) is 9.59 Å². The van der Waals surface area contributed by atoms with Gasteiger partial charge in [-0.3, -0.25) is 9.59 Å². The van der Waals surface area contributed by atoms with Crippen molar-refractivity contribution in [2.75, 3.05) is 10.6 Å². The van der Waals surface area contributed by atoms with Gasteiger partial charge in [-0.15, -0.1) is 0 Å². The van der Waals surface area contributed by atoms with Gasteiger partial charge in [0, 0.05) is 39.8 Å². The summed E-state index contributed by atoms with van der Waals surface area (Å²) in [5, 5.41) is 7.33. The van der Waals surface area contributed by atoms with E-state index in [-0.39, 0.29) is 23.7 Å². The molecular weight excluding hydrogens is 422 g/mol. The number of fused-ring (bicyclic) bond motifs is 1. The van der Waals surface area contributed by atoms with Crippen molar-refractivity contribution in [3.63, 3.8) is 0 Å². The summed E-state index contributed by atoms with van der Waals surface area (Å²) in [5.41, 5.74) is 4.78.